The molecule has 0 radical (unpaired) electrons. The third kappa shape index (κ3) is 3.96. The highest BCUT2D eigenvalue weighted by molar-refractivity contribution is 9.10. The van der Waals surface area contributed by atoms with E-state index in [2.05, 4.69) is 21.4 Å². The molecule has 0 atom stereocenters. The number of methoxy groups -OCH3 is 1. The molecular weight excluding hydrogens is 336 g/mol. The fourth-order valence-corrected chi connectivity index (χ4v) is 2.25. The number of ether oxygens (including phenoxy) is 2. The van der Waals surface area contributed by atoms with Crippen LogP contribution in [0.1, 0.15) is 15.9 Å². The molecule has 2 rings (SSSR count). The number of nitrogens with two attached hydrogens (primary N) is 1. The minimum absolute atomic E-state index is 0.365. The fourth-order valence-electron chi connectivity index (χ4n) is 1.80. The van der Waals surface area contributed by atoms with E-state index in [-0.39, 0.29) is 5.91 Å². The number of carbonyl (C=O) groups excluding carboxylic acids is 1. The molecule has 0 heterocycles. The van der Waals surface area contributed by atoms with Crippen LogP contribution in [0.5, 0.6) is 11.5 Å². The van der Waals surface area contributed by atoms with Gasteiger partial charge in [-0.15, -0.1) is 0 Å². The first-order valence-electron chi connectivity index (χ1n) is 6.20. The van der Waals surface area contributed by atoms with Crippen LogP contribution in [0.2, 0.25) is 0 Å². The zero-order valence-corrected chi connectivity index (χ0v) is 13.0. The highest BCUT2D eigenvalue weighted by Crippen LogP contribution is 2.29. The maximum absolute atomic E-state index is 11.5. The highest BCUT2D eigenvalue weighted by Gasteiger charge is 2.10. The zero-order chi connectivity index (χ0) is 15.2. The van der Waals surface area contributed by atoms with Gasteiger partial charge in [-0.1, -0.05) is 28.1 Å². The number of halogens is 1. The fraction of sp³-hybridized carbons (Fsp3) is 0.133. The summed E-state index contributed by atoms with van der Waals surface area (Å²) in [5, 5.41) is 0. The van der Waals surface area contributed by atoms with Crippen molar-refractivity contribution in [2.24, 2.45) is 5.84 Å². The molecule has 0 bridgehead atoms. The summed E-state index contributed by atoms with van der Waals surface area (Å²) in [4.78, 5) is 11.5. The van der Waals surface area contributed by atoms with E-state index in [0.717, 1.165) is 10.0 Å². The Balaban J connectivity index is 2.19. The molecule has 0 fully saturated rings. The van der Waals surface area contributed by atoms with Crippen molar-refractivity contribution in [3.63, 3.8) is 0 Å². The Morgan fingerprint density at radius 3 is 2.71 bits per heavy atom. The predicted octanol–water partition coefficient (Wildman–Crippen LogP) is 2.64. The van der Waals surface area contributed by atoms with E-state index >= 15 is 0 Å². The van der Waals surface area contributed by atoms with Gasteiger partial charge in [-0.2, -0.15) is 0 Å². The van der Waals surface area contributed by atoms with Crippen molar-refractivity contribution >= 4 is 21.8 Å². The summed E-state index contributed by atoms with van der Waals surface area (Å²) in [5.74, 6) is 5.78. The molecule has 2 aromatic carbocycles. The van der Waals surface area contributed by atoms with Gasteiger partial charge in [0.05, 0.1) is 7.11 Å². The van der Waals surface area contributed by atoms with E-state index < -0.39 is 0 Å². The Kier molecular flexibility index (Phi) is 5.19. The van der Waals surface area contributed by atoms with Crippen LogP contribution in [-0.4, -0.2) is 13.0 Å². The number of benzene rings is 2. The molecule has 0 saturated carbocycles. The molecule has 0 aliphatic heterocycles. The Labute approximate surface area is 131 Å². The monoisotopic (exact) mass is 350 g/mol. The number of hydrogen-bond donors (Lipinski definition) is 2. The highest BCUT2D eigenvalue weighted by atomic mass is 79.9. The van der Waals surface area contributed by atoms with Gasteiger partial charge in [-0.05, 0) is 35.9 Å². The van der Waals surface area contributed by atoms with Gasteiger partial charge in [0.2, 0.25) is 0 Å². The van der Waals surface area contributed by atoms with E-state index in [0.29, 0.717) is 23.7 Å². The van der Waals surface area contributed by atoms with Crippen LogP contribution in [0.3, 0.4) is 0 Å². The molecule has 1 amide bonds. The molecule has 110 valence electrons. The maximum atomic E-state index is 11.5. The van der Waals surface area contributed by atoms with Gasteiger partial charge in [0.15, 0.2) is 11.5 Å². The summed E-state index contributed by atoms with van der Waals surface area (Å²) in [7, 11) is 1.55. The van der Waals surface area contributed by atoms with Crippen molar-refractivity contribution in [2.75, 3.05) is 7.11 Å². The van der Waals surface area contributed by atoms with E-state index in [1.807, 2.05) is 24.3 Å². The lowest BCUT2D eigenvalue weighted by Crippen LogP contribution is -2.29. The minimum atomic E-state index is -0.384. The van der Waals surface area contributed by atoms with E-state index in [1.165, 1.54) is 0 Å². The van der Waals surface area contributed by atoms with Crippen LogP contribution >= 0.6 is 15.9 Å². The lowest BCUT2D eigenvalue weighted by atomic mass is 10.2. The summed E-state index contributed by atoms with van der Waals surface area (Å²) < 4.78 is 11.9. The van der Waals surface area contributed by atoms with Gasteiger partial charge in [0, 0.05) is 10.0 Å². The second-order valence-corrected chi connectivity index (χ2v) is 5.17. The zero-order valence-electron chi connectivity index (χ0n) is 11.4. The number of carbonyl (C=O) groups is 1. The molecule has 0 aliphatic carbocycles. The van der Waals surface area contributed by atoms with Gasteiger partial charge in [0.25, 0.3) is 5.91 Å². The van der Waals surface area contributed by atoms with Gasteiger partial charge in [-0.3, -0.25) is 10.2 Å². The number of amides is 1. The predicted molar refractivity (Wildman–Crippen MR) is 83.1 cm³/mol. The molecule has 3 N–H and O–H groups in total. The SMILES string of the molecule is COc1ccc(C(=O)NN)cc1OCc1cccc(Br)c1. The second kappa shape index (κ2) is 7.10. The lowest BCUT2D eigenvalue weighted by Gasteiger charge is -2.12. The minimum Gasteiger partial charge on any atom is -0.493 e. The number of hydrogen-bond acceptors (Lipinski definition) is 4. The average molecular weight is 351 g/mol. The lowest BCUT2D eigenvalue weighted by molar-refractivity contribution is 0.0953. The Hall–Kier alpha value is -2.05. The van der Waals surface area contributed by atoms with Crippen LogP contribution in [-0.2, 0) is 6.61 Å². The quantitative estimate of drug-likeness (QED) is 0.493. The van der Waals surface area contributed by atoms with Crippen molar-refractivity contribution < 1.29 is 14.3 Å². The van der Waals surface area contributed by atoms with Gasteiger partial charge in [0.1, 0.15) is 6.61 Å². The van der Waals surface area contributed by atoms with Gasteiger partial charge < -0.3 is 9.47 Å². The topological polar surface area (TPSA) is 73.6 Å². The standard InChI is InChI=1S/C15H15BrN2O3/c1-20-13-6-5-11(15(19)18-17)8-14(13)21-9-10-3-2-4-12(16)7-10/h2-8H,9,17H2,1H3,(H,18,19). The van der Waals surface area contributed by atoms with Crippen LogP contribution in [0.4, 0.5) is 0 Å². The maximum Gasteiger partial charge on any atom is 0.265 e. The molecule has 21 heavy (non-hydrogen) atoms. The van der Waals surface area contributed by atoms with Crippen LogP contribution in [0, 0.1) is 0 Å². The van der Waals surface area contributed by atoms with Crippen LogP contribution < -0.4 is 20.7 Å². The third-order valence-electron chi connectivity index (χ3n) is 2.84. The van der Waals surface area contributed by atoms with Crippen LogP contribution in [0.15, 0.2) is 46.9 Å². The molecule has 0 saturated heterocycles. The first-order valence-corrected chi connectivity index (χ1v) is 6.99. The molecule has 0 spiro atoms. The molecule has 2 aromatic rings. The average Bonchev–Trinajstić information content (AvgIpc) is 2.52. The van der Waals surface area contributed by atoms with Crippen molar-refractivity contribution in [2.45, 2.75) is 6.61 Å². The Morgan fingerprint density at radius 1 is 1.24 bits per heavy atom. The van der Waals surface area contributed by atoms with Crippen molar-refractivity contribution in [3.8, 4) is 11.5 Å². The smallest absolute Gasteiger partial charge is 0.265 e. The number of rotatable bonds is 5. The molecular formula is C15H15BrN2O3. The molecule has 6 heteroatoms. The molecule has 0 aromatic heterocycles. The van der Waals surface area contributed by atoms with Crippen LogP contribution in [0.25, 0.3) is 0 Å². The first-order chi connectivity index (χ1) is 10.1. The number of nitrogens with one attached hydrogen (secondary N) is 1. The number of hydrazine groups is 1. The molecule has 5 nitrogen and oxygen atoms in total. The van der Waals surface area contributed by atoms with Crippen molar-refractivity contribution in [1.82, 2.24) is 5.43 Å². The van der Waals surface area contributed by atoms with Gasteiger partial charge >= 0.3 is 0 Å². The summed E-state index contributed by atoms with van der Waals surface area (Å²) >= 11 is 3.41. The Morgan fingerprint density at radius 2 is 2.05 bits per heavy atom. The molecule has 0 aliphatic rings. The van der Waals surface area contributed by atoms with E-state index in [9.17, 15) is 4.79 Å². The van der Waals surface area contributed by atoms with Crippen molar-refractivity contribution in [3.05, 3.63) is 58.1 Å². The Bertz CT molecular complexity index is 647. The van der Waals surface area contributed by atoms with E-state index in [1.54, 1.807) is 25.3 Å². The molecule has 0 unspecified atom stereocenters. The van der Waals surface area contributed by atoms with Crippen molar-refractivity contribution in [1.29, 1.82) is 0 Å². The summed E-state index contributed by atoms with van der Waals surface area (Å²) in [6.45, 7) is 0.365. The normalized spacial score (nSPS) is 10.0. The first kappa shape index (κ1) is 15.3. The largest absolute Gasteiger partial charge is 0.493 e. The summed E-state index contributed by atoms with van der Waals surface area (Å²) in [6.07, 6.45) is 0. The number of nitrogen functional groups attached to an aromatic ring is 1. The third-order valence-corrected chi connectivity index (χ3v) is 3.33. The van der Waals surface area contributed by atoms with E-state index in [4.69, 9.17) is 15.3 Å². The summed E-state index contributed by atoms with van der Waals surface area (Å²) in [6, 6.07) is 12.7. The second-order valence-electron chi connectivity index (χ2n) is 4.26. The summed E-state index contributed by atoms with van der Waals surface area (Å²) in [5.41, 5.74) is 3.49. The van der Waals surface area contributed by atoms with Gasteiger partial charge in [-0.25, -0.2) is 5.84 Å².